The molecule has 0 atom stereocenters. The predicted octanol–water partition coefficient (Wildman–Crippen LogP) is 2.66. The number of hydrogen-bond donors (Lipinski definition) is 0. The van der Waals surface area contributed by atoms with Crippen LogP contribution in [0.15, 0.2) is 33.5 Å². The van der Waals surface area contributed by atoms with Crippen molar-refractivity contribution in [2.75, 3.05) is 26.2 Å². The van der Waals surface area contributed by atoms with E-state index in [-0.39, 0.29) is 29.4 Å². The summed E-state index contributed by atoms with van der Waals surface area (Å²) in [6, 6.07) is 6.81. The second kappa shape index (κ2) is 7.89. The summed E-state index contributed by atoms with van der Waals surface area (Å²) < 4.78 is 11.0. The van der Waals surface area contributed by atoms with Crippen molar-refractivity contribution in [3.8, 4) is 5.75 Å². The summed E-state index contributed by atoms with van der Waals surface area (Å²) in [7, 11) is 0. The minimum absolute atomic E-state index is 0.00913. The van der Waals surface area contributed by atoms with E-state index >= 15 is 0 Å². The highest BCUT2D eigenvalue weighted by Crippen LogP contribution is 2.28. The second-order valence-electron chi connectivity index (χ2n) is 8.06. The van der Waals surface area contributed by atoms with Crippen LogP contribution in [0.25, 0.3) is 11.0 Å². The van der Waals surface area contributed by atoms with Gasteiger partial charge in [-0.15, -0.1) is 0 Å². The summed E-state index contributed by atoms with van der Waals surface area (Å²) in [4.78, 5) is 41.2. The van der Waals surface area contributed by atoms with Crippen molar-refractivity contribution in [1.82, 2.24) is 9.80 Å². The lowest BCUT2D eigenvalue weighted by Gasteiger charge is -2.38. The molecule has 7 heteroatoms. The molecule has 2 aliphatic rings. The normalized spacial score (nSPS) is 17.5. The van der Waals surface area contributed by atoms with E-state index in [1.54, 1.807) is 29.2 Å². The van der Waals surface area contributed by atoms with Crippen LogP contribution in [0.2, 0.25) is 0 Å². The molecule has 4 rings (SSSR count). The number of rotatable bonds is 4. The molecule has 1 aromatic heterocycles. The van der Waals surface area contributed by atoms with Gasteiger partial charge in [0, 0.05) is 43.5 Å². The van der Waals surface area contributed by atoms with Crippen LogP contribution in [0.4, 0.5) is 0 Å². The SMILES string of the molecule is CC(C)Oc1ccc2cc(C(=O)N3CCN(C(=O)C4CCC4)CC3)c(=O)oc2c1. The van der Waals surface area contributed by atoms with Crippen LogP contribution in [0.1, 0.15) is 43.5 Å². The molecular weight excluding hydrogens is 372 g/mol. The number of benzene rings is 1. The van der Waals surface area contributed by atoms with Gasteiger partial charge in [-0.3, -0.25) is 9.59 Å². The van der Waals surface area contributed by atoms with Gasteiger partial charge in [0.25, 0.3) is 5.91 Å². The number of amides is 2. The smallest absolute Gasteiger partial charge is 0.349 e. The first-order valence-corrected chi connectivity index (χ1v) is 10.2. The fourth-order valence-corrected chi connectivity index (χ4v) is 3.80. The van der Waals surface area contributed by atoms with E-state index in [4.69, 9.17) is 9.15 Å². The summed E-state index contributed by atoms with van der Waals surface area (Å²) in [5.74, 6) is 0.628. The zero-order valence-electron chi connectivity index (χ0n) is 16.8. The molecule has 0 unspecified atom stereocenters. The van der Waals surface area contributed by atoms with Crippen LogP contribution in [-0.2, 0) is 4.79 Å². The van der Waals surface area contributed by atoms with Crippen LogP contribution in [0.3, 0.4) is 0 Å². The van der Waals surface area contributed by atoms with Gasteiger partial charge in [0.1, 0.15) is 16.9 Å². The Morgan fingerprint density at radius 1 is 1.07 bits per heavy atom. The maximum Gasteiger partial charge on any atom is 0.349 e. The van der Waals surface area contributed by atoms with Gasteiger partial charge in [0.15, 0.2) is 0 Å². The quantitative estimate of drug-likeness (QED) is 0.740. The summed E-state index contributed by atoms with van der Waals surface area (Å²) in [5, 5.41) is 0.669. The van der Waals surface area contributed by atoms with Crippen LogP contribution in [0, 0.1) is 5.92 Å². The van der Waals surface area contributed by atoms with Crippen LogP contribution in [0.5, 0.6) is 5.75 Å². The Balaban J connectivity index is 1.47. The third kappa shape index (κ3) is 3.99. The second-order valence-corrected chi connectivity index (χ2v) is 8.06. The number of carbonyl (C=O) groups excluding carboxylic acids is 2. The molecule has 1 aliphatic carbocycles. The molecule has 2 aromatic rings. The highest BCUT2D eigenvalue weighted by atomic mass is 16.5. The largest absolute Gasteiger partial charge is 0.491 e. The van der Waals surface area contributed by atoms with E-state index in [1.807, 2.05) is 18.7 Å². The highest BCUT2D eigenvalue weighted by Gasteiger charge is 2.32. The van der Waals surface area contributed by atoms with Gasteiger partial charge in [-0.05, 0) is 44.9 Å². The van der Waals surface area contributed by atoms with Gasteiger partial charge in [0.05, 0.1) is 6.10 Å². The molecule has 7 nitrogen and oxygen atoms in total. The molecule has 1 saturated carbocycles. The first-order valence-electron chi connectivity index (χ1n) is 10.2. The number of carbonyl (C=O) groups is 2. The molecule has 0 spiro atoms. The van der Waals surface area contributed by atoms with Gasteiger partial charge in [0.2, 0.25) is 5.91 Å². The minimum Gasteiger partial charge on any atom is -0.491 e. The van der Waals surface area contributed by atoms with Crippen molar-refractivity contribution in [2.24, 2.45) is 5.92 Å². The van der Waals surface area contributed by atoms with Crippen molar-refractivity contribution in [2.45, 2.75) is 39.2 Å². The number of fused-ring (bicyclic) bond motifs is 1. The van der Waals surface area contributed by atoms with E-state index < -0.39 is 5.63 Å². The van der Waals surface area contributed by atoms with E-state index in [1.165, 1.54) is 0 Å². The molecule has 2 amide bonds. The Bertz CT molecular complexity index is 984. The monoisotopic (exact) mass is 398 g/mol. The lowest BCUT2D eigenvalue weighted by atomic mass is 9.84. The zero-order valence-corrected chi connectivity index (χ0v) is 16.8. The molecule has 154 valence electrons. The molecule has 1 aliphatic heterocycles. The molecule has 29 heavy (non-hydrogen) atoms. The number of nitrogens with zero attached hydrogens (tertiary/aromatic N) is 2. The first kappa shape index (κ1) is 19.5. The molecule has 2 fully saturated rings. The lowest BCUT2D eigenvalue weighted by Crippen LogP contribution is -2.53. The van der Waals surface area contributed by atoms with Crippen LogP contribution < -0.4 is 10.4 Å². The summed E-state index contributed by atoms with van der Waals surface area (Å²) >= 11 is 0. The average Bonchev–Trinajstić information content (AvgIpc) is 2.65. The summed E-state index contributed by atoms with van der Waals surface area (Å²) in [6.07, 6.45) is 3.08. The third-order valence-electron chi connectivity index (χ3n) is 5.64. The standard InChI is InChI=1S/C22H26N2O5/c1-14(2)28-17-7-6-16-12-18(22(27)29-19(16)13-17)21(26)24-10-8-23(9-11-24)20(25)15-4-3-5-15/h6-7,12-15H,3-5,8-11H2,1-2H3. The van der Waals surface area contributed by atoms with Gasteiger partial charge in [-0.2, -0.15) is 0 Å². The number of ether oxygens (including phenoxy) is 1. The Kier molecular flexibility index (Phi) is 5.30. The van der Waals surface area contributed by atoms with Crippen LogP contribution >= 0.6 is 0 Å². The molecule has 1 aromatic carbocycles. The summed E-state index contributed by atoms with van der Waals surface area (Å²) in [6.45, 7) is 5.71. The Morgan fingerprint density at radius 2 is 1.76 bits per heavy atom. The van der Waals surface area contributed by atoms with Crippen molar-refractivity contribution < 1.29 is 18.7 Å². The van der Waals surface area contributed by atoms with Crippen molar-refractivity contribution in [1.29, 1.82) is 0 Å². The third-order valence-corrected chi connectivity index (χ3v) is 5.64. The number of piperazine rings is 1. The molecule has 0 radical (unpaired) electrons. The van der Waals surface area contributed by atoms with Crippen LogP contribution in [-0.4, -0.2) is 53.9 Å². The molecule has 0 N–H and O–H groups in total. The molecule has 1 saturated heterocycles. The van der Waals surface area contributed by atoms with Gasteiger partial charge in [-0.1, -0.05) is 6.42 Å². The molecule has 2 heterocycles. The van der Waals surface area contributed by atoms with E-state index in [0.717, 1.165) is 19.3 Å². The maximum absolute atomic E-state index is 12.9. The van der Waals surface area contributed by atoms with Gasteiger partial charge in [-0.25, -0.2) is 4.79 Å². The highest BCUT2D eigenvalue weighted by molar-refractivity contribution is 5.97. The predicted molar refractivity (Wildman–Crippen MR) is 108 cm³/mol. The maximum atomic E-state index is 12.9. The van der Waals surface area contributed by atoms with Gasteiger partial charge >= 0.3 is 5.63 Å². The van der Waals surface area contributed by atoms with Crippen molar-refractivity contribution in [3.05, 3.63) is 40.2 Å². The first-order chi connectivity index (χ1) is 13.9. The summed E-state index contributed by atoms with van der Waals surface area (Å²) in [5.41, 5.74) is -0.244. The van der Waals surface area contributed by atoms with E-state index in [0.29, 0.717) is 42.9 Å². The average molecular weight is 398 g/mol. The minimum atomic E-state index is -0.655. The molecule has 0 bridgehead atoms. The lowest BCUT2D eigenvalue weighted by molar-refractivity contribution is -0.139. The Labute approximate surface area is 169 Å². The van der Waals surface area contributed by atoms with Crippen molar-refractivity contribution >= 4 is 22.8 Å². The zero-order chi connectivity index (χ0) is 20.5. The van der Waals surface area contributed by atoms with Crippen molar-refractivity contribution in [3.63, 3.8) is 0 Å². The fraction of sp³-hybridized carbons (Fsp3) is 0.500. The topological polar surface area (TPSA) is 80.1 Å². The molecular formula is C22H26N2O5. The Morgan fingerprint density at radius 3 is 2.38 bits per heavy atom. The Hall–Kier alpha value is -2.83. The van der Waals surface area contributed by atoms with E-state index in [2.05, 4.69) is 0 Å². The van der Waals surface area contributed by atoms with E-state index in [9.17, 15) is 14.4 Å². The number of hydrogen-bond acceptors (Lipinski definition) is 5. The fourth-order valence-electron chi connectivity index (χ4n) is 3.80. The van der Waals surface area contributed by atoms with Gasteiger partial charge < -0.3 is 19.0 Å².